The first-order chi connectivity index (χ1) is 8.79. The Labute approximate surface area is 109 Å². The third kappa shape index (κ3) is 3.62. The molecule has 1 aliphatic rings. The van der Waals surface area contributed by atoms with Crippen molar-refractivity contribution in [2.45, 2.75) is 13.0 Å². The summed E-state index contributed by atoms with van der Waals surface area (Å²) in [5.41, 5.74) is 1.19. The van der Waals surface area contributed by atoms with E-state index in [1.165, 1.54) is 5.69 Å². The monoisotopic (exact) mass is 250 g/mol. The number of nitrogens with zero attached hydrogens (tertiary/aromatic N) is 1. The Hall–Kier alpha value is -1.26. The van der Waals surface area contributed by atoms with Gasteiger partial charge in [-0.1, -0.05) is 0 Å². The quantitative estimate of drug-likeness (QED) is 0.859. The van der Waals surface area contributed by atoms with Crippen LogP contribution in [0.2, 0.25) is 0 Å². The number of anilines is 1. The van der Waals surface area contributed by atoms with Gasteiger partial charge in [-0.25, -0.2) is 0 Å². The van der Waals surface area contributed by atoms with E-state index in [1.54, 1.807) is 0 Å². The third-order valence-electron chi connectivity index (χ3n) is 3.07. The maximum atomic E-state index is 5.70. The van der Waals surface area contributed by atoms with Gasteiger partial charge in [0, 0.05) is 32.4 Å². The lowest BCUT2D eigenvalue weighted by atomic mass is 10.2. The van der Waals surface area contributed by atoms with E-state index in [1.807, 2.05) is 19.1 Å². The van der Waals surface area contributed by atoms with Crippen molar-refractivity contribution in [1.82, 2.24) is 5.32 Å². The zero-order valence-corrected chi connectivity index (χ0v) is 11.2. The molecule has 0 spiro atoms. The Kier molecular flexibility index (Phi) is 4.84. The minimum Gasteiger partial charge on any atom is -0.494 e. The van der Waals surface area contributed by atoms with Gasteiger partial charge in [0.05, 0.1) is 19.3 Å². The van der Waals surface area contributed by atoms with Crippen molar-refractivity contribution in [3.8, 4) is 5.75 Å². The summed E-state index contributed by atoms with van der Waals surface area (Å²) in [5.74, 6) is 0.922. The van der Waals surface area contributed by atoms with Crippen molar-refractivity contribution < 1.29 is 9.47 Å². The minimum atomic E-state index is 0.273. The largest absolute Gasteiger partial charge is 0.494 e. The molecule has 1 aliphatic heterocycles. The maximum absolute atomic E-state index is 5.70. The molecule has 0 saturated carbocycles. The minimum absolute atomic E-state index is 0.273. The Balaban J connectivity index is 1.89. The first kappa shape index (κ1) is 13.2. The predicted molar refractivity (Wildman–Crippen MR) is 73.5 cm³/mol. The van der Waals surface area contributed by atoms with E-state index in [0.29, 0.717) is 6.61 Å². The Morgan fingerprint density at radius 1 is 1.39 bits per heavy atom. The molecule has 1 N–H and O–H groups in total. The lowest BCUT2D eigenvalue weighted by Crippen LogP contribution is -2.44. The summed E-state index contributed by atoms with van der Waals surface area (Å²) in [6.45, 7) is 6.30. The van der Waals surface area contributed by atoms with Gasteiger partial charge in [0.2, 0.25) is 0 Å². The van der Waals surface area contributed by atoms with Crippen LogP contribution in [-0.4, -0.2) is 46.0 Å². The molecule has 2 rings (SSSR count). The van der Waals surface area contributed by atoms with E-state index in [4.69, 9.17) is 9.47 Å². The van der Waals surface area contributed by atoms with Crippen molar-refractivity contribution in [1.29, 1.82) is 0 Å². The molecule has 0 amide bonds. The summed E-state index contributed by atoms with van der Waals surface area (Å²) in [6.07, 6.45) is 0.273. The van der Waals surface area contributed by atoms with Gasteiger partial charge < -0.3 is 19.7 Å². The van der Waals surface area contributed by atoms with Gasteiger partial charge in [-0.15, -0.1) is 0 Å². The molecule has 100 valence electrons. The fourth-order valence-corrected chi connectivity index (χ4v) is 2.11. The number of benzene rings is 1. The molecule has 0 aromatic heterocycles. The number of morpholine rings is 1. The molecule has 1 fully saturated rings. The van der Waals surface area contributed by atoms with Crippen LogP contribution in [0.5, 0.6) is 5.75 Å². The fraction of sp³-hybridized carbons (Fsp3) is 0.571. The molecule has 4 heteroatoms. The lowest BCUT2D eigenvalue weighted by molar-refractivity contribution is 0.0340. The van der Waals surface area contributed by atoms with E-state index >= 15 is 0 Å². The standard InChI is InChI=1S/C14H22N2O2/c1-3-17-13-6-4-12(5-7-13)16(2)11-14-10-15-8-9-18-14/h4-7,14-15H,3,8-11H2,1-2H3. The summed E-state index contributed by atoms with van der Waals surface area (Å²) in [6, 6.07) is 8.19. The zero-order valence-electron chi connectivity index (χ0n) is 11.2. The van der Waals surface area contributed by atoms with Crippen LogP contribution < -0.4 is 15.0 Å². The van der Waals surface area contributed by atoms with E-state index in [-0.39, 0.29) is 6.10 Å². The average molecular weight is 250 g/mol. The molecule has 1 saturated heterocycles. The second-order valence-electron chi connectivity index (χ2n) is 4.50. The van der Waals surface area contributed by atoms with E-state index in [0.717, 1.165) is 32.0 Å². The summed E-state index contributed by atoms with van der Waals surface area (Å²) in [5, 5.41) is 3.35. The molecule has 0 radical (unpaired) electrons. The van der Waals surface area contributed by atoms with Gasteiger partial charge in [-0.05, 0) is 31.2 Å². The number of hydrogen-bond acceptors (Lipinski definition) is 4. The van der Waals surface area contributed by atoms with Crippen LogP contribution in [0, 0.1) is 0 Å². The molecular formula is C14H22N2O2. The van der Waals surface area contributed by atoms with Crippen molar-refractivity contribution in [2.24, 2.45) is 0 Å². The van der Waals surface area contributed by atoms with E-state index in [2.05, 4.69) is 29.4 Å². The van der Waals surface area contributed by atoms with Crippen molar-refractivity contribution in [3.05, 3.63) is 24.3 Å². The SMILES string of the molecule is CCOc1ccc(N(C)CC2CNCCO2)cc1. The highest BCUT2D eigenvalue weighted by Gasteiger charge is 2.15. The first-order valence-corrected chi connectivity index (χ1v) is 6.56. The highest BCUT2D eigenvalue weighted by molar-refractivity contribution is 5.48. The van der Waals surface area contributed by atoms with Gasteiger partial charge >= 0.3 is 0 Å². The van der Waals surface area contributed by atoms with Gasteiger partial charge in [0.1, 0.15) is 5.75 Å². The highest BCUT2D eigenvalue weighted by Crippen LogP contribution is 2.19. The molecule has 1 aromatic carbocycles. The molecule has 4 nitrogen and oxygen atoms in total. The topological polar surface area (TPSA) is 33.7 Å². The summed E-state index contributed by atoms with van der Waals surface area (Å²) in [7, 11) is 2.09. The number of rotatable bonds is 5. The second-order valence-corrected chi connectivity index (χ2v) is 4.50. The molecule has 1 unspecified atom stereocenters. The van der Waals surface area contributed by atoms with E-state index in [9.17, 15) is 0 Å². The fourth-order valence-electron chi connectivity index (χ4n) is 2.11. The average Bonchev–Trinajstić information content (AvgIpc) is 2.41. The lowest BCUT2D eigenvalue weighted by Gasteiger charge is -2.29. The first-order valence-electron chi connectivity index (χ1n) is 6.56. The van der Waals surface area contributed by atoms with Crippen molar-refractivity contribution in [2.75, 3.05) is 44.8 Å². The van der Waals surface area contributed by atoms with Crippen LogP contribution in [0.15, 0.2) is 24.3 Å². The molecule has 18 heavy (non-hydrogen) atoms. The Morgan fingerprint density at radius 3 is 2.78 bits per heavy atom. The van der Waals surface area contributed by atoms with Crippen molar-refractivity contribution in [3.63, 3.8) is 0 Å². The zero-order chi connectivity index (χ0) is 12.8. The third-order valence-corrected chi connectivity index (χ3v) is 3.07. The smallest absolute Gasteiger partial charge is 0.119 e. The van der Waals surface area contributed by atoms with Crippen molar-refractivity contribution >= 4 is 5.69 Å². The molecule has 1 atom stereocenters. The summed E-state index contributed by atoms with van der Waals surface area (Å²) < 4.78 is 11.1. The predicted octanol–water partition coefficient (Wildman–Crippen LogP) is 1.51. The Bertz CT molecular complexity index is 347. The summed E-state index contributed by atoms with van der Waals surface area (Å²) >= 11 is 0. The van der Waals surface area contributed by atoms with Crippen LogP contribution in [0.25, 0.3) is 0 Å². The Morgan fingerprint density at radius 2 is 2.17 bits per heavy atom. The van der Waals surface area contributed by atoms with Gasteiger partial charge in [-0.2, -0.15) is 0 Å². The molecule has 1 heterocycles. The van der Waals surface area contributed by atoms with Gasteiger partial charge in [0.15, 0.2) is 0 Å². The summed E-state index contributed by atoms with van der Waals surface area (Å²) in [4.78, 5) is 2.22. The van der Waals surface area contributed by atoms with Gasteiger partial charge in [0.25, 0.3) is 0 Å². The van der Waals surface area contributed by atoms with Crippen LogP contribution in [0.4, 0.5) is 5.69 Å². The van der Waals surface area contributed by atoms with Crippen LogP contribution >= 0.6 is 0 Å². The molecular weight excluding hydrogens is 228 g/mol. The van der Waals surface area contributed by atoms with Crippen LogP contribution in [0.3, 0.4) is 0 Å². The maximum Gasteiger partial charge on any atom is 0.119 e. The molecule has 0 bridgehead atoms. The van der Waals surface area contributed by atoms with Crippen LogP contribution in [-0.2, 0) is 4.74 Å². The highest BCUT2D eigenvalue weighted by atomic mass is 16.5. The van der Waals surface area contributed by atoms with Crippen LogP contribution in [0.1, 0.15) is 6.92 Å². The van der Waals surface area contributed by atoms with E-state index < -0.39 is 0 Å². The molecule has 1 aromatic rings. The molecule has 0 aliphatic carbocycles. The number of hydrogen-bond donors (Lipinski definition) is 1. The number of nitrogens with one attached hydrogen (secondary N) is 1. The van der Waals surface area contributed by atoms with Gasteiger partial charge in [-0.3, -0.25) is 0 Å². The number of likely N-dealkylation sites (N-methyl/N-ethyl adjacent to an activating group) is 1. The normalized spacial score (nSPS) is 19.6. The second kappa shape index (κ2) is 6.61. The number of ether oxygens (including phenoxy) is 2.